The molecule has 0 aromatic heterocycles. The molecule has 78 valence electrons. The average molecular weight is 199 g/mol. The summed E-state index contributed by atoms with van der Waals surface area (Å²) >= 11 is 0. The number of carbonyl (C=O) groups excluding carboxylic acids is 3. The van der Waals surface area contributed by atoms with Gasteiger partial charge in [0.25, 0.3) is 0 Å². The first-order chi connectivity index (χ1) is 6.54. The van der Waals surface area contributed by atoms with Gasteiger partial charge in [-0.05, 0) is 6.42 Å². The van der Waals surface area contributed by atoms with E-state index in [0.717, 1.165) is 0 Å². The molecule has 3 N–H and O–H groups in total. The molecule has 14 heavy (non-hydrogen) atoms. The first-order valence-electron chi connectivity index (χ1n) is 4.40. The Morgan fingerprint density at radius 1 is 1.64 bits per heavy atom. The molecule has 0 saturated carbocycles. The Hall–Kier alpha value is -1.43. The van der Waals surface area contributed by atoms with E-state index in [9.17, 15) is 14.4 Å². The van der Waals surface area contributed by atoms with Crippen molar-refractivity contribution in [3.63, 3.8) is 0 Å². The van der Waals surface area contributed by atoms with Crippen molar-refractivity contribution in [1.82, 2.24) is 10.2 Å². The van der Waals surface area contributed by atoms with Crippen molar-refractivity contribution in [2.24, 2.45) is 5.73 Å². The van der Waals surface area contributed by atoms with E-state index in [1.807, 2.05) is 6.92 Å². The zero-order valence-electron chi connectivity index (χ0n) is 7.95. The summed E-state index contributed by atoms with van der Waals surface area (Å²) < 4.78 is 0. The van der Waals surface area contributed by atoms with Crippen LogP contribution in [0.25, 0.3) is 0 Å². The number of nitrogens with one attached hydrogen (secondary N) is 1. The molecule has 0 radical (unpaired) electrons. The van der Waals surface area contributed by atoms with Crippen molar-refractivity contribution < 1.29 is 14.4 Å². The molecule has 6 nitrogen and oxygen atoms in total. The first kappa shape index (κ1) is 10.6. The maximum absolute atomic E-state index is 11.3. The lowest BCUT2D eigenvalue weighted by Crippen LogP contribution is -2.59. The summed E-state index contributed by atoms with van der Waals surface area (Å²) in [6.45, 7) is 1.80. The van der Waals surface area contributed by atoms with Gasteiger partial charge in [0, 0.05) is 0 Å². The molecule has 0 aliphatic carbocycles. The molecule has 1 saturated heterocycles. The van der Waals surface area contributed by atoms with Gasteiger partial charge in [0.05, 0.1) is 19.1 Å². The average Bonchev–Trinajstić information content (AvgIpc) is 2.01. The molecular weight excluding hydrogens is 186 g/mol. The minimum absolute atomic E-state index is 0.0488. The molecule has 1 fully saturated rings. The smallest absolute Gasteiger partial charge is 0.243 e. The van der Waals surface area contributed by atoms with Gasteiger partial charge in [-0.1, -0.05) is 6.92 Å². The minimum Gasteiger partial charge on any atom is -0.369 e. The standard InChI is InChI=1S/C8H13N3O3/c1-2-5-8(14)10-7(13)4-11(5)3-6(9)12/h5H,2-4H2,1H3,(H2,9,12)(H,10,13,14). The Kier molecular flexibility index (Phi) is 3.19. The van der Waals surface area contributed by atoms with Crippen molar-refractivity contribution in [3.8, 4) is 0 Å². The second kappa shape index (κ2) is 4.19. The summed E-state index contributed by atoms with van der Waals surface area (Å²) in [5.41, 5.74) is 5.01. The Balaban J connectivity index is 2.72. The van der Waals surface area contributed by atoms with E-state index in [1.54, 1.807) is 0 Å². The van der Waals surface area contributed by atoms with Gasteiger partial charge in [0.15, 0.2) is 0 Å². The molecule has 0 aromatic rings. The number of carbonyl (C=O) groups is 3. The third-order valence-electron chi connectivity index (χ3n) is 2.10. The molecule has 6 heteroatoms. The molecule has 1 aliphatic rings. The summed E-state index contributed by atoms with van der Waals surface area (Å²) in [7, 11) is 0. The topological polar surface area (TPSA) is 92.5 Å². The fourth-order valence-corrected chi connectivity index (χ4v) is 1.53. The lowest BCUT2D eigenvalue weighted by Gasteiger charge is -2.32. The largest absolute Gasteiger partial charge is 0.369 e. The monoisotopic (exact) mass is 199 g/mol. The summed E-state index contributed by atoms with van der Waals surface area (Å²) in [6, 6.07) is -0.430. The number of amides is 3. The van der Waals surface area contributed by atoms with Crippen LogP contribution in [0.5, 0.6) is 0 Å². The van der Waals surface area contributed by atoms with Crippen LogP contribution in [0.2, 0.25) is 0 Å². The Labute approximate surface area is 81.4 Å². The van der Waals surface area contributed by atoms with Crippen molar-refractivity contribution >= 4 is 17.7 Å². The highest BCUT2D eigenvalue weighted by atomic mass is 16.2. The van der Waals surface area contributed by atoms with Crippen LogP contribution in [0.15, 0.2) is 0 Å². The van der Waals surface area contributed by atoms with Gasteiger partial charge in [-0.25, -0.2) is 0 Å². The van der Waals surface area contributed by atoms with Gasteiger partial charge < -0.3 is 5.73 Å². The molecule has 1 rings (SSSR count). The fourth-order valence-electron chi connectivity index (χ4n) is 1.53. The number of nitrogens with two attached hydrogens (primary N) is 1. The molecule has 1 heterocycles. The van der Waals surface area contributed by atoms with Gasteiger partial charge in [-0.2, -0.15) is 0 Å². The summed E-state index contributed by atoms with van der Waals surface area (Å²) in [6.07, 6.45) is 0.548. The highest BCUT2D eigenvalue weighted by Gasteiger charge is 2.32. The quantitative estimate of drug-likeness (QED) is 0.525. The van der Waals surface area contributed by atoms with Gasteiger partial charge in [-0.15, -0.1) is 0 Å². The number of rotatable bonds is 3. The van der Waals surface area contributed by atoms with Crippen molar-refractivity contribution in [2.75, 3.05) is 13.1 Å². The Morgan fingerprint density at radius 3 is 2.79 bits per heavy atom. The van der Waals surface area contributed by atoms with Gasteiger partial charge >= 0.3 is 0 Å². The van der Waals surface area contributed by atoms with Crippen LogP contribution < -0.4 is 11.1 Å². The Morgan fingerprint density at radius 2 is 2.29 bits per heavy atom. The fraction of sp³-hybridized carbons (Fsp3) is 0.625. The van der Waals surface area contributed by atoms with Gasteiger partial charge in [0.1, 0.15) is 0 Å². The van der Waals surface area contributed by atoms with E-state index in [1.165, 1.54) is 4.90 Å². The van der Waals surface area contributed by atoms with E-state index in [4.69, 9.17) is 5.73 Å². The normalized spacial score (nSPS) is 23.4. The molecule has 0 bridgehead atoms. The van der Waals surface area contributed by atoms with Crippen molar-refractivity contribution in [3.05, 3.63) is 0 Å². The summed E-state index contributed by atoms with van der Waals surface area (Å²) in [5.74, 6) is -1.28. The first-order valence-corrected chi connectivity index (χ1v) is 4.40. The third-order valence-corrected chi connectivity index (χ3v) is 2.10. The summed E-state index contributed by atoms with van der Waals surface area (Å²) in [5, 5.41) is 2.21. The zero-order valence-corrected chi connectivity index (χ0v) is 7.95. The van der Waals surface area contributed by atoms with Crippen LogP contribution in [0.4, 0.5) is 0 Å². The predicted octanol–water partition coefficient (Wildman–Crippen LogP) is -1.79. The van der Waals surface area contributed by atoms with E-state index in [-0.39, 0.29) is 24.9 Å². The second-order valence-electron chi connectivity index (χ2n) is 3.21. The van der Waals surface area contributed by atoms with Gasteiger partial charge in [0.2, 0.25) is 17.7 Å². The number of imide groups is 1. The van der Waals surface area contributed by atoms with E-state index in [0.29, 0.717) is 6.42 Å². The molecule has 1 unspecified atom stereocenters. The van der Waals surface area contributed by atoms with Crippen LogP contribution >= 0.6 is 0 Å². The maximum Gasteiger partial charge on any atom is 0.243 e. The van der Waals surface area contributed by atoms with Crippen molar-refractivity contribution in [1.29, 1.82) is 0 Å². The van der Waals surface area contributed by atoms with Crippen LogP contribution in [-0.2, 0) is 14.4 Å². The number of hydrogen-bond acceptors (Lipinski definition) is 4. The second-order valence-corrected chi connectivity index (χ2v) is 3.21. The van der Waals surface area contributed by atoms with Crippen LogP contribution in [-0.4, -0.2) is 41.8 Å². The molecule has 3 amide bonds. The lowest BCUT2D eigenvalue weighted by atomic mass is 10.1. The van der Waals surface area contributed by atoms with Crippen LogP contribution in [0.1, 0.15) is 13.3 Å². The molecular formula is C8H13N3O3. The number of nitrogens with zero attached hydrogens (tertiary/aromatic N) is 1. The minimum atomic E-state index is -0.536. The Bertz CT molecular complexity index is 275. The number of primary amides is 1. The van der Waals surface area contributed by atoms with Gasteiger partial charge in [-0.3, -0.25) is 24.6 Å². The zero-order chi connectivity index (χ0) is 10.7. The lowest BCUT2D eigenvalue weighted by molar-refractivity contribution is -0.140. The van der Waals surface area contributed by atoms with Crippen LogP contribution in [0.3, 0.4) is 0 Å². The van der Waals surface area contributed by atoms with E-state index in [2.05, 4.69) is 5.32 Å². The number of piperazine rings is 1. The van der Waals surface area contributed by atoms with Crippen LogP contribution in [0, 0.1) is 0 Å². The van der Waals surface area contributed by atoms with E-state index >= 15 is 0 Å². The molecule has 1 aliphatic heterocycles. The maximum atomic E-state index is 11.3. The SMILES string of the molecule is CCC1C(=O)NC(=O)CN1CC(N)=O. The molecule has 0 spiro atoms. The molecule has 1 atom stereocenters. The van der Waals surface area contributed by atoms with E-state index < -0.39 is 11.9 Å². The highest BCUT2D eigenvalue weighted by Crippen LogP contribution is 2.07. The highest BCUT2D eigenvalue weighted by molar-refractivity contribution is 6.01. The molecule has 0 aromatic carbocycles. The number of hydrogen-bond donors (Lipinski definition) is 2. The van der Waals surface area contributed by atoms with Crippen molar-refractivity contribution in [2.45, 2.75) is 19.4 Å². The third kappa shape index (κ3) is 2.29. The summed E-state index contributed by atoms with van der Waals surface area (Å²) in [4.78, 5) is 34.5. The predicted molar refractivity (Wildman–Crippen MR) is 48.0 cm³/mol.